The van der Waals surface area contributed by atoms with Crippen LogP contribution in [-0.2, 0) is 10.0 Å². The summed E-state index contributed by atoms with van der Waals surface area (Å²) in [5.41, 5.74) is 9.68. The van der Waals surface area contributed by atoms with Crippen molar-refractivity contribution in [1.82, 2.24) is 14.7 Å². The lowest BCUT2D eigenvalue weighted by atomic mass is 10.1. The normalized spacial score (nSPS) is 11.0. The molecule has 0 aliphatic carbocycles. The van der Waals surface area contributed by atoms with Gasteiger partial charge in [0.05, 0.1) is 17.3 Å². The van der Waals surface area contributed by atoms with Crippen LogP contribution in [0, 0.1) is 32.1 Å². The van der Waals surface area contributed by atoms with Gasteiger partial charge in [-0.2, -0.15) is 13.7 Å². The van der Waals surface area contributed by atoms with Crippen LogP contribution in [-0.4, -0.2) is 24.3 Å². The Hall–Kier alpha value is -4.75. The maximum atomic E-state index is 13.2. The minimum atomic E-state index is -4.32. The number of ether oxygens (including phenoxy) is 1. The standard InChI is InChI=1S/C27H23N5O4S/c1-16-12-17(2)25(18(3)13-16)36-27-21(10-11-22(30-27)20-7-4-6-19(14-20)15-28)26(33)32-37(34,35)24-9-5-8-23(29)31-24/h4-14H,1-3H3,(H2,29,31)(H,32,33). The summed E-state index contributed by atoms with van der Waals surface area (Å²) < 4.78 is 33.7. The number of hydrogen-bond acceptors (Lipinski definition) is 8. The number of nitriles is 1. The molecule has 0 bridgehead atoms. The first-order chi connectivity index (χ1) is 17.6. The SMILES string of the molecule is Cc1cc(C)c(Oc2nc(-c3cccc(C#N)c3)ccc2C(=O)NS(=O)(=O)c2cccc(N)n2)c(C)c1. The summed E-state index contributed by atoms with van der Waals surface area (Å²) in [4.78, 5) is 21.5. The summed E-state index contributed by atoms with van der Waals surface area (Å²) >= 11 is 0. The van der Waals surface area contributed by atoms with Gasteiger partial charge < -0.3 is 10.5 Å². The third-order valence-corrected chi connectivity index (χ3v) is 6.68. The number of nitrogens with one attached hydrogen (secondary N) is 1. The van der Waals surface area contributed by atoms with Gasteiger partial charge in [0, 0.05) is 5.56 Å². The number of carbonyl (C=O) groups excluding carboxylic acids is 1. The Kier molecular flexibility index (Phi) is 6.91. The van der Waals surface area contributed by atoms with Gasteiger partial charge >= 0.3 is 0 Å². The number of rotatable bonds is 6. The molecule has 37 heavy (non-hydrogen) atoms. The highest BCUT2D eigenvalue weighted by molar-refractivity contribution is 7.90. The van der Waals surface area contributed by atoms with E-state index in [-0.39, 0.29) is 17.3 Å². The van der Waals surface area contributed by atoms with Crippen molar-refractivity contribution in [2.75, 3.05) is 5.73 Å². The van der Waals surface area contributed by atoms with Crippen molar-refractivity contribution in [3.63, 3.8) is 0 Å². The van der Waals surface area contributed by atoms with Crippen LogP contribution in [0.5, 0.6) is 11.6 Å². The Bertz CT molecular complexity index is 1650. The lowest BCUT2D eigenvalue weighted by Crippen LogP contribution is -2.31. The van der Waals surface area contributed by atoms with Gasteiger partial charge in [-0.15, -0.1) is 0 Å². The minimum Gasteiger partial charge on any atom is -0.438 e. The fraction of sp³-hybridized carbons (Fsp3) is 0.111. The van der Waals surface area contributed by atoms with Gasteiger partial charge in [0.15, 0.2) is 5.03 Å². The quantitative estimate of drug-likeness (QED) is 0.385. The molecule has 4 aromatic rings. The molecule has 10 heteroatoms. The third-order valence-electron chi connectivity index (χ3n) is 5.44. The molecule has 1 amide bonds. The highest BCUT2D eigenvalue weighted by Gasteiger charge is 2.25. The number of hydrogen-bond donors (Lipinski definition) is 2. The second kappa shape index (κ2) is 10.1. The molecule has 4 rings (SSSR count). The van der Waals surface area contributed by atoms with Gasteiger partial charge in [0.1, 0.15) is 17.1 Å². The van der Waals surface area contributed by atoms with E-state index in [1.54, 1.807) is 30.3 Å². The van der Waals surface area contributed by atoms with Gasteiger partial charge in [-0.1, -0.05) is 35.9 Å². The highest BCUT2D eigenvalue weighted by atomic mass is 32.2. The number of nitrogen functional groups attached to an aromatic ring is 1. The van der Waals surface area contributed by atoms with E-state index in [1.165, 1.54) is 24.3 Å². The number of pyridine rings is 2. The van der Waals surface area contributed by atoms with Gasteiger partial charge in [-0.3, -0.25) is 4.79 Å². The number of nitrogens with zero attached hydrogens (tertiary/aromatic N) is 3. The number of aryl methyl sites for hydroxylation is 3. The first-order valence-corrected chi connectivity index (χ1v) is 12.6. The van der Waals surface area contributed by atoms with E-state index < -0.39 is 21.0 Å². The zero-order valence-electron chi connectivity index (χ0n) is 20.3. The van der Waals surface area contributed by atoms with Crippen molar-refractivity contribution >= 4 is 21.7 Å². The summed E-state index contributed by atoms with van der Waals surface area (Å²) in [6.45, 7) is 5.69. The summed E-state index contributed by atoms with van der Waals surface area (Å²) in [5.74, 6) is -0.555. The summed E-state index contributed by atoms with van der Waals surface area (Å²) in [6, 6.07) is 19.8. The molecule has 0 saturated heterocycles. The van der Waals surface area contributed by atoms with Gasteiger partial charge in [0.25, 0.3) is 15.9 Å². The van der Waals surface area contributed by atoms with Crippen LogP contribution in [0.4, 0.5) is 5.82 Å². The zero-order chi connectivity index (χ0) is 26.7. The first-order valence-electron chi connectivity index (χ1n) is 11.1. The second-order valence-corrected chi connectivity index (χ2v) is 10.0. The predicted molar refractivity (Wildman–Crippen MR) is 138 cm³/mol. The molecule has 0 aliphatic rings. The van der Waals surface area contributed by atoms with Gasteiger partial charge in [0.2, 0.25) is 5.88 Å². The van der Waals surface area contributed by atoms with E-state index in [4.69, 9.17) is 10.5 Å². The Balaban J connectivity index is 1.79. The Morgan fingerprint density at radius 2 is 1.68 bits per heavy atom. The van der Waals surface area contributed by atoms with E-state index in [0.717, 1.165) is 16.7 Å². The van der Waals surface area contributed by atoms with Crippen LogP contribution in [0.3, 0.4) is 0 Å². The largest absolute Gasteiger partial charge is 0.438 e. The molecular formula is C27H23N5O4S. The molecule has 3 N–H and O–H groups in total. The Labute approximate surface area is 214 Å². The fourth-order valence-corrected chi connectivity index (χ4v) is 4.78. The van der Waals surface area contributed by atoms with Crippen LogP contribution < -0.4 is 15.2 Å². The average Bonchev–Trinajstić information content (AvgIpc) is 2.86. The number of carbonyl (C=O) groups is 1. The van der Waals surface area contributed by atoms with E-state index >= 15 is 0 Å². The van der Waals surface area contributed by atoms with Crippen molar-refractivity contribution in [2.45, 2.75) is 25.8 Å². The number of amides is 1. The molecule has 0 spiro atoms. The summed E-state index contributed by atoms with van der Waals surface area (Å²) in [7, 11) is -4.32. The highest BCUT2D eigenvalue weighted by Crippen LogP contribution is 2.32. The molecule has 2 heterocycles. The fourth-order valence-electron chi connectivity index (χ4n) is 3.83. The smallest absolute Gasteiger partial charge is 0.281 e. The molecule has 0 atom stereocenters. The van der Waals surface area contributed by atoms with Gasteiger partial charge in [-0.05, 0) is 68.3 Å². The number of sulfonamides is 1. The first kappa shape index (κ1) is 25.3. The van der Waals surface area contributed by atoms with Crippen molar-refractivity contribution in [1.29, 1.82) is 5.26 Å². The van der Waals surface area contributed by atoms with Crippen LogP contribution >= 0.6 is 0 Å². The topological polar surface area (TPSA) is 148 Å². The molecule has 0 radical (unpaired) electrons. The molecular weight excluding hydrogens is 490 g/mol. The number of anilines is 1. The molecule has 0 aliphatic heterocycles. The van der Waals surface area contributed by atoms with Crippen LogP contribution in [0.2, 0.25) is 0 Å². The predicted octanol–water partition coefficient (Wildman–Crippen LogP) is 4.43. The van der Waals surface area contributed by atoms with E-state index in [0.29, 0.717) is 22.6 Å². The number of nitrogens with two attached hydrogens (primary N) is 1. The molecule has 186 valence electrons. The Morgan fingerprint density at radius 1 is 0.973 bits per heavy atom. The molecule has 9 nitrogen and oxygen atoms in total. The van der Waals surface area contributed by atoms with Crippen LogP contribution in [0.25, 0.3) is 11.3 Å². The zero-order valence-corrected chi connectivity index (χ0v) is 21.1. The summed E-state index contributed by atoms with van der Waals surface area (Å²) in [5, 5.41) is 8.86. The number of aromatic nitrogens is 2. The second-order valence-electron chi connectivity index (χ2n) is 8.41. The van der Waals surface area contributed by atoms with Crippen LogP contribution in [0.1, 0.15) is 32.6 Å². The molecule has 0 fully saturated rings. The maximum absolute atomic E-state index is 13.2. The summed E-state index contributed by atoms with van der Waals surface area (Å²) in [6.07, 6.45) is 0. The van der Waals surface area contributed by atoms with Crippen molar-refractivity contribution in [3.8, 4) is 29.0 Å². The molecule has 2 aromatic carbocycles. The van der Waals surface area contributed by atoms with E-state index in [1.807, 2.05) is 37.6 Å². The van der Waals surface area contributed by atoms with Crippen molar-refractivity contribution < 1.29 is 17.9 Å². The molecule has 0 unspecified atom stereocenters. The lowest BCUT2D eigenvalue weighted by Gasteiger charge is -2.16. The average molecular weight is 514 g/mol. The molecule has 0 saturated carbocycles. The number of benzene rings is 2. The van der Waals surface area contributed by atoms with E-state index in [9.17, 15) is 18.5 Å². The van der Waals surface area contributed by atoms with Crippen molar-refractivity contribution in [3.05, 3.63) is 94.5 Å². The minimum absolute atomic E-state index is 0.00436. The van der Waals surface area contributed by atoms with Gasteiger partial charge in [-0.25, -0.2) is 14.7 Å². The van der Waals surface area contributed by atoms with Crippen LogP contribution in [0.15, 0.2) is 71.8 Å². The van der Waals surface area contributed by atoms with Crippen molar-refractivity contribution in [2.24, 2.45) is 0 Å². The Morgan fingerprint density at radius 3 is 2.35 bits per heavy atom. The third kappa shape index (κ3) is 5.58. The molecule has 2 aromatic heterocycles. The lowest BCUT2D eigenvalue weighted by molar-refractivity contribution is 0.0978. The monoisotopic (exact) mass is 513 g/mol. The maximum Gasteiger partial charge on any atom is 0.281 e. The van der Waals surface area contributed by atoms with E-state index in [2.05, 4.69) is 16.0 Å².